The molecule has 3 nitrogen and oxygen atoms in total. The second-order valence-corrected chi connectivity index (χ2v) is 3.08. The van der Waals surface area contributed by atoms with E-state index in [-0.39, 0.29) is 11.8 Å². The van der Waals surface area contributed by atoms with Crippen molar-refractivity contribution in [1.82, 2.24) is 5.32 Å². The zero-order valence-corrected chi connectivity index (χ0v) is 6.81. The van der Waals surface area contributed by atoms with E-state index >= 15 is 0 Å². The highest BCUT2D eigenvalue weighted by atomic mass is 16.2. The average molecular weight is 152 g/mol. The predicted octanol–water partition coefficient (Wildman–Crippen LogP) is 0.354. The molecule has 1 unspecified atom stereocenters. The van der Waals surface area contributed by atoms with Crippen LogP contribution in [0.5, 0.6) is 0 Å². The second-order valence-electron chi connectivity index (χ2n) is 3.08. The second kappa shape index (κ2) is 2.68. The summed E-state index contributed by atoms with van der Waals surface area (Å²) in [5, 5.41) is 1.88. The summed E-state index contributed by atoms with van der Waals surface area (Å²) in [5.41, 5.74) is 0. The molecule has 0 aliphatic carbocycles. The van der Waals surface area contributed by atoms with Gasteiger partial charge in [0.25, 0.3) is 0 Å². The van der Waals surface area contributed by atoms with Crippen LogP contribution in [0, 0.1) is 0 Å². The van der Waals surface area contributed by atoms with Gasteiger partial charge >= 0.3 is 0 Å². The summed E-state index contributed by atoms with van der Waals surface area (Å²) in [6.45, 7) is 3.68. The summed E-state index contributed by atoms with van der Waals surface area (Å²) in [5.74, 6) is -0.328. The minimum absolute atomic E-state index is 0.158. The van der Waals surface area contributed by atoms with Gasteiger partial charge in [0.05, 0.1) is 0 Å². The Bertz CT molecular complexity index is 205. The number of amides is 2. The SMILES string of the molecule is C[B]C1(C)CCC(=O)NC1=O. The van der Waals surface area contributed by atoms with Crippen molar-refractivity contribution in [3.63, 3.8) is 0 Å². The van der Waals surface area contributed by atoms with Crippen molar-refractivity contribution < 1.29 is 9.59 Å². The standard InChI is InChI=1S/C7H11BNO2/c1-7(8-2)4-3-5(10)9-6(7)11/h3-4H2,1-2H3,(H,9,10,11). The first-order chi connectivity index (χ1) is 5.08. The molecule has 2 amide bonds. The number of rotatable bonds is 1. The van der Waals surface area contributed by atoms with Crippen LogP contribution in [-0.4, -0.2) is 19.1 Å². The summed E-state index contributed by atoms with van der Waals surface area (Å²) in [6, 6.07) is 0. The van der Waals surface area contributed by atoms with E-state index in [0.29, 0.717) is 12.8 Å². The van der Waals surface area contributed by atoms with E-state index in [9.17, 15) is 9.59 Å². The van der Waals surface area contributed by atoms with Crippen molar-refractivity contribution >= 4 is 19.1 Å². The van der Waals surface area contributed by atoms with E-state index in [1.165, 1.54) is 0 Å². The topological polar surface area (TPSA) is 46.2 Å². The minimum atomic E-state index is -0.437. The Balaban J connectivity index is 2.71. The van der Waals surface area contributed by atoms with Crippen LogP contribution in [0.25, 0.3) is 0 Å². The van der Waals surface area contributed by atoms with E-state index in [1.807, 2.05) is 21.0 Å². The summed E-state index contributed by atoms with van der Waals surface area (Å²) in [7, 11) is 1.84. The van der Waals surface area contributed by atoms with Gasteiger partial charge in [-0.2, -0.15) is 0 Å². The first kappa shape index (κ1) is 8.30. The van der Waals surface area contributed by atoms with Gasteiger partial charge in [0, 0.05) is 11.7 Å². The molecule has 1 aliphatic heterocycles. The van der Waals surface area contributed by atoms with Crippen LogP contribution in [0.2, 0.25) is 12.1 Å². The van der Waals surface area contributed by atoms with E-state index in [2.05, 4.69) is 5.32 Å². The lowest BCUT2D eigenvalue weighted by Gasteiger charge is -2.29. The van der Waals surface area contributed by atoms with Crippen LogP contribution in [0.15, 0.2) is 0 Å². The maximum atomic E-state index is 11.2. The van der Waals surface area contributed by atoms with Crippen LogP contribution < -0.4 is 5.32 Å². The smallest absolute Gasteiger partial charge is 0.226 e. The van der Waals surface area contributed by atoms with Crippen LogP contribution in [0.1, 0.15) is 19.8 Å². The first-order valence-electron chi connectivity index (χ1n) is 3.73. The van der Waals surface area contributed by atoms with Gasteiger partial charge in [-0.3, -0.25) is 14.9 Å². The van der Waals surface area contributed by atoms with E-state index < -0.39 is 5.31 Å². The Morgan fingerprint density at radius 2 is 2.18 bits per heavy atom. The first-order valence-corrected chi connectivity index (χ1v) is 3.73. The number of imide groups is 1. The van der Waals surface area contributed by atoms with Crippen molar-refractivity contribution in [2.24, 2.45) is 0 Å². The van der Waals surface area contributed by atoms with Gasteiger partial charge in [-0.05, 0) is 6.42 Å². The molecular weight excluding hydrogens is 141 g/mol. The maximum Gasteiger partial charge on any atom is 0.226 e. The molecule has 0 saturated carbocycles. The molecule has 1 rings (SSSR count). The normalized spacial score (nSPS) is 31.5. The van der Waals surface area contributed by atoms with E-state index in [0.717, 1.165) is 0 Å². The average Bonchev–Trinajstić information content (AvgIpc) is 1.98. The summed E-state index contributed by atoms with van der Waals surface area (Å²) < 4.78 is 0. The Morgan fingerprint density at radius 1 is 1.55 bits per heavy atom. The third kappa shape index (κ3) is 1.44. The van der Waals surface area contributed by atoms with Gasteiger partial charge < -0.3 is 0 Å². The lowest BCUT2D eigenvalue weighted by atomic mass is 9.52. The zero-order valence-electron chi connectivity index (χ0n) is 6.81. The molecule has 1 saturated heterocycles. The fourth-order valence-corrected chi connectivity index (χ4v) is 1.09. The molecule has 1 fully saturated rings. The van der Waals surface area contributed by atoms with Gasteiger partial charge in [0.15, 0.2) is 0 Å². The number of piperidine rings is 1. The molecule has 1 heterocycles. The molecular formula is C7H11BNO2. The number of nitrogens with one attached hydrogen (secondary N) is 1. The zero-order chi connectivity index (χ0) is 8.48. The minimum Gasteiger partial charge on any atom is -0.297 e. The van der Waals surface area contributed by atoms with Gasteiger partial charge in [-0.1, -0.05) is 13.7 Å². The molecule has 59 valence electrons. The van der Waals surface area contributed by atoms with E-state index in [4.69, 9.17) is 0 Å². The Kier molecular flexibility index (Phi) is 2.02. The summed E-state index contributed by atoms with van der Waals surface area (Å²) in [6.07, 6.45) is 1.08. The van der Waals surface area contributed by atoms with E-state index in [1.54, 1.807) is 0 Å². The Hall–Kier alpha value is -0.795. The molecule has 1 aliphatic rings. The molecule has 1 radical (unpaired) electrons. The highest BCUT2D eigenvalue weighted by Gasteiger charge is 2.36. The lowest BCUT2D eigenvalue weighted by molar-refractivity contribution is -0.135. The molecule has 0 aromatic rings. The maximum absolute atomic E-state index is 11.2. The van der Waals surface area contributed by atoms with Gasteiger partial charge in [0.1, 0.15) is 7.28 Å². The number of carbonyl (C=O) groups is 2. The van der Waals surface area contributed by atoms with Crippen LogP contribution in [0.3, 0.4) is 0 Å². The summed E-state index contributed by atoms with van der Waals surface area (Å²) >= 11 is 0. The lowest BCUT2D eigenvalue weighted by Crippen LogP contribution is -2.45. The molecule has 1 N–H and O–H groups in total. The van der Waals surface area contributed by atoms with Crippen LogP contribution in [0.4, 0.5) is 0 Å². The molecule has 0 aromatic carbocycles. The molecule has 0 spiro atoms. The predicted molar refractivity (Wildman–Crippen MR) is 42.4 cm³/mol. The van der Waals surface area contributed by atoms with Crippen LogP contribution in [-0.2, 0) is 9.59 Å². The van der Waals surface area contributed by atoms with Crippen molar-refractivity contribution in [3.8, 4) is 0 Å². The van der Waals surface area contributed by atoms with Crippen molar-refractivity contribution in [3.05, 3.63) is 0 Å². The fourth-order valence-electron chi connectivity index (χ4n) is 1.09. The highest BCUT2D eigenvalue weighted by molar-refractivity contribution is 6.46. The van der Waals surface area contributed by atoms with Gasteiger partial charge in [-0.25, -0.2) is 0 Å². The largest absolute Gasteiger partial charge is 0.297 e. The number of carbonyl (C=O) groups excluding carboxylic acids is 2. The van der Waals surface area contributed by atoms with Crippen molar-refractivity contribution in [1.29, 1.82) is 0 Å². The van der Waals surface area contributed by atoms with Crippen molar-refractivity contribution in [2.75, 3.05) is 0 Å². The Labute approximate surface area is 66.8 Å². The van der Waals surface area contributed by atoms with Gasteiger partial charge in [-0.15, -0.1) is 0 Å². The third-order valence-corrected chi connectivity index (χ3v) is 2.28. The monoisotopic (exact) mass is 152 g/mol. The molecule has 11 heavy (non-hydrogen) atoms. The van der Waals surface area contributed by atoms with Crippen LogP contribution >= 0.6 is 0 Å². The van der Waals surface area contributed by atoms with Crippen molar-refractivity contribution in [2.45, 2.75) is 31.9 Å². The highest BCUT2D eigenvalue weighted by Crippen LogP contribution is 2.32. The molecule has 0 bridgehead atoms. The molecule has 0 aromatic heterocycles. The molecule has 4 heteroatoms. The third-order valence-electron chi connectivity index (χ3n) is 2.28. The number of hydrogen-bond acceptors (Lipinski definition) is 2. The quantitative estimate of drug-likeness (QED) is 0.435. The fraction of sp³-hybridized carbons (Fsp3) is 0.714. The molecule has 1 atom stereocenters. The van der Waals surface area contributed by atoms with Gasteiger partial charge in [0.2, 0.25) is 11.8 Å². The number of hydrogen-bond donors (Lipinski definition) is 1. The summed E-state index contributed by atoms with van der Waals surface area (Å²) in [4.78, 5) is 21.9. The Morgan fingerprint density at radius 3 is 2.64 bits per heavy atom.